The molecule has 1 aromatic carbocycles. The summed E-state index contributed by atoms with van der Waals surface area (Å²) in [6, 6.07) is 9.48. The van der Waals surface area contributed by atoms with E-state index < -0.39 is 0 Å². The van der Waals surface area contributed by atoms with Crippen molar-refractivity contribution in [2.75, 3.05) is 13.1 Å². The van der Waals surface area contributed by atoms with E-state index >= 15 is 0 Å². The van der Waals surface area contributed by atoms with Crippen molar-refractivity contribution >= 4 is 5.91 Å². The molecule has 0 saturated carbocycles. The summed E-state index contributed by atoms with van der Waals surface area (Å²) in [5.41, 5.74) is 2.61. The van der Waals surface area contributed by atoms with Crippen LogP contribution < -0.4 is 5.32 Å². The van der Waals surface area contributed by atoms with Gasteiger partial charge in [-0.2, -0.15) is 0 Å². The Kier molecular flexibility index (Phi) is 6.64. The predicted octanol–water partition coefficient (Wildman–Crippen LogP) is 3.55. The molecular formula is C20H32N2O. The van der Waals surface area contributed by atoms with Gasteiger partial charge in [0.2, 0.25) is 5.91 Å². The molecule has 3 atom stereocenters. The Morgan fingerprint density at radius 2 is 2.00 bits per heavy atom. The second-order valence-electron chi connectivity index (χ2n) is 6.95. The van der Waals surface area contributed by atoms with Crippen LogP contribution in [0, 0.1) is 12.8 Å². The van der Waals surface area contributed by atoms with Crippen LogP contribution in [0.25, 0.3) is 0 Å². The number of carbonyl (C=O) groups is 1. The monoisotopic (exact) mass is 316 g/mol. The first-order chi connectivity index (χ1) is 11.0. The molecule has 0 radical (unpaired) electrons. The summed E-state index contributed by atoms with van der Waals surface area (Å²) in [5, 5.41) is 3.44. The fourth-order valence-electron chi connectivity index (χ4n) is 3.66. The lowest BCUT2D eigenvalue weighted by Gasteiger charge is -2.36. The van der Waals surface area contributed by atoms with Crippen molar-refractivity contribution in [1.82, 2.24) is 10.2 Å². The van der Waals surface area contributed by atoms with Crippen molar-refractivity contribution in [3.8, 4) is 0 Å². The molecule has 0 spiro atoms. The van der Waals surface area contributed by atoms with Crippen LogP contribution in [-0.4, -0.2) is 36.0 Å². The number of nitrogens with one attached hydrogen (secondary N) is 1. The Hall–Kier alpha value is -1.35. The second-order valence-corrected chi connectivity index (χ2v) is 6.95. The molecule has 1 saturated heterocycles. The Labute approximate surface area is 141 Å². The molecule has 128 valence electrons. The van der Waals surface area contributed by atoms with Crippen molar-refractivity contribution in [1.29, 1.82) is 0 Å². The van der Waals surface area contributed by atoms with Gasteiger partial charge in [0, 0.05) is 24.5 Å². The molecule has 1 unspecified atom stereocenters. The molecule has 0 bridgehead atoms. The van der Waals surface area contributed by atoms with Gasteiger partial charge in [0.15, 0.2) is 0 Å². The molecule has 1 heterocycles. The lowest BCUT2D eigenvalue weighted by molar-refractivity contribution is -0.139. The van der Waals surface area contributed by atoms with E-state index in [2.05, 4.69) is 62.2 Å². The minimum Gasteiger partial charge on any atom is -0.339 e. The summed E-state index contributed by atoms with van der Waals surface area (Å²) in [5.74, 6) is 0.554. The van der Waals surface area contributed by atoms with Crippen molar-refractivity contribution in [2.45, 2.75) is 65.5 Å². The van der Waals surface area contributed by atoms with E-state index in [1.165, 1.54) is 11.1 Å². The number of carbonyl (C=O) groups excluding carboxylic acids is 1. The van der Waals surface area contributed by atoms with E-state index in [1.54, 1.807) is 0 Å². The number of amides is 1. The maximum absolute atomic E-state index is 13.0. The summed E-state index contributed by atoms with van der Waals surface area (Å²) in [6.45, 7) is 10.4. The van der Waals surface area contributed by atoms with E-state index in [4.69, 9.17) is 0 Å². The number of nitrogens with zero attached hydrogens (tertiary/aromatic N) is 1. The molecule has 1 amide bonds. The predicted molar refractivity (Wildman–Crippen MR) is 96.5 cm³/mol. The molecule has 3 heteroatoms. The van der Waals surface area contributed by atoms with E-state index in [1.807, 2.05) is 0 Å². The average Bonchev–Trinajstić information content (AvgIpc) is 2.56. The number of rotatable bonds is 6. The molecule has 1 aliphatic heterocycles. The molecule has 1 fully saturated rings. The number of aryl methyl sites for hydroxylation is 1. The van der Waals surface area contributed by atoms with Crippen LogP contribution >= 0.6 is 0 Å². The molecule has 1 aliphatic rings. The third-order valence-corrected chi connectivity index (χ3v) is 5.10. The Bertz CT molecular complexity index is 497. The van der Waals surface area contributed by atoms with E-state index in [-0.39, 0.29) is 5.92 Å². The summed E-state index contributed by atoms with van der Waals surface area (Å²) in [4.78, 5) is 15.1. The molecule has 3 nitrogen and oxygen atoms in total. The maximum atomic E-state index is 13.0. The van der Waals surface area contributed by atoms with Crippen LogP contribution in [0.1, 0.15) is 51.2 Å². The molecule has 0 aromatic heterocycles. The van der Waals surface area contributed by atoms with Crippen molar-refractivity contribution in [2.24, 2.45) is 5.92 Å². The fraction of sp³-hybridized carbons (Fsp3) is 0.650. The standard InChI is InChI=1S/C20H32N2O/c1-5-19(14-17-9-7-15(3)8-10-17)22(6-2)20(23)18-11-12-21-16(4)13-18/h7-10,16,18-19,21H,5-6,11-14H2,1-4H3/t16-,18-,19?/m0/s1. The zero-order valence-electron chi connectivity index (χ0n) is 15.1. The molecule has 2 rings (SSSR count). The van der Waals surface area contributed by atoms with Gasteiger partial charge >= 0.3 is 0 Å². The lowest BCUT2D eigenvalue weighted by atomic mass is 9.90. The molecule has 0 aliphatic carbocycles. The van der Waals surface area contributed by atoms with Gasteiger partial charge in [-0.05, 0) is 58.6 Å². The number of hydrogen-bond donors (Lipinski definition) is 1. The fourth-order valence-corrected chi connectivity index (χ4v) is 3.66. The molecule has 1 N–H and O–H groups in total. The maximum Gasteiger partial charge on any atom is 0.226 e. The minimum absolute atomic E-state index is 0.193. The third kappa shape index (κ3) is 4.81. The van der Waals surface area contributed by atoms with Gasteiger partial charge in [0.1, 0.15) is 0 Å². The van der Waals surface area contributed by atoms with Crippen LogP contribution in [-0.2, 0) is 11.2 Å². The first-order valence-corrected chi connectivity index (χ1v) is 9.14. The highest BCUT2D eigenvalue weighted by Crippen LogP contribution is 2.22. The van der Waals surface area contributed by atoms with Crippen LogP contribution in [0.4, 0.5) is 0 Å². The molecule has 1 aromatic rings. The molecular weight excluding hydrogens is 284 g/mol. The van der Waals surface area contributed by atoms with Gasteiger partial charge < -0.3 is 10.2 Å². The summed E-state index contributed by atoms with van der Waals surface area (Å²) >= 11 is 0. The first kappa shape index (κ1) is 18.0. The van der Waals surface area contributed by atoms with Crippen molar-refractivity contribution in [3.05, 3.63) is 35.4 Å². The van der Waals surface area contributed by atoms with Gasteiger partial charge in [-0.15, -0.1) is 0 Å². The van der Waals surface area contributed by atoms with Crippen LogP contribution in [0.3, 0.4) is 0 Å². The van der Waals surface area contributed by atoms with Gasteiger partial charge in [-0.3, -0.25) is 4.79 Å². The summed E-state index contributed by atoms with van der Waals surface area (Å²) in [6.07, 6.45) is 3.90. The van der Waals surface area contributed by atoms with Crippen LogP contribution in [0.15, 0.2) is 24.3 Å². The van der Waals surface area contributed by atoms with Crippen LogP contribution in [0.5, 0.6) is 0 Å². The smallest absolute Gasteiger partial charge is 0.226 e. The zero-order valence-corrected chi connectivity index (χ0v) is 15.1. The van der Waals surface area contributed by atoms with Crippen molar-refractivity contribution < 1.29 is 4.79 Å². The minimum atomic E-state index is 0.193. The van der Waals surface area contributed by atoms with Crippen LogP contribution in [0.2, 0.25) is 0 Å². The zero-order chi connectivity index (χ0) is 16.8. The van der Waals surface area contributed by atoms with Gasteiger partial charge in [0.25, 0.3) is 0 Å². The summed E-state index contributed by atoms with van der Waals surface area (Å²) in [7, 11) is 0. The first-order valence-electron chi connectivity index (χ1n) is 9.14. The van der Waals surface area contributed by atoms with E-state index in [9.17, 15) is 4.79 Å². The highest BCUT2D eigenvalue weighted by Gasteiger charge is 2.30. The Morgan fingerprint density at radius 3 is 2.57 bits per heavy atom. The largest absolute Gasteiger partial charge is 0.339 e. The topological polar surface area (TPSA) is 32.3 Å². The number of hydrogen-bond acceptors (Lipinski definition) is 2. The highest BCUT2D eigenvalue weighted by molar-refractivity contribution is 5.79. The van der Waals surface area contributed by atoms with Crippen molar-refractivity contribution in [3.63, 3.8) is 0 Å². The number of benzene rings is 1. The quantitative estimate of drug-likeness (QED) is 0.870. The van der Waals surface area contributed by atoms with Gasteiger partial charge in [0.05, 0.1) is 0 Å². The normalized spacial score (nSPS) is 22.6. The van der Waals surface area contributed by atoms with E-state index in [0.717, 1.165) is 38.8 Å². The van der Waals surface area contributed by atoms with Gasteiger partial charge in [-0.1, -0.05) is 36.8 Å². The highest BCUT2D eigenvalue weighted by atomic mass is 16.2. The average molecular weight is 316 g/mol. The third-order valence-electron chi connectivity index (χ3n) is 5.10. The number of likely N-dealkylation sites (N-methyl/N-ethyl adjacent to an activating group) is 1. The lowest BCUT2D eigenvalue weighted by Crippen LogP contribution is -2.48. The summed E-state index contributed by atoms with van der Waals surface area (Å²) < 4.78 is 0. The van der Waals surface area contributed by atoms with Gasteiger partial charge in [-0.25, -0.2) is 0 Å². The second kappa shape index (κ2) is 8.49. The molecule has 23 heavy (non-hydrogen) atoms. The SMILES string of the molecule is CCC(Cc1ccc(C)cc1)N(CC)C(=O)[C@H]1CCN[C@@H](C)C1. The Morgan fingerprint density at radius 1 is 1.30 bits per heavy atom. The Balaban J connectivity index is 2.06. The number of piperidine rings is 1. The van der Waals surface area contributed by atoms with E-state index in [0.29, 0.717) is 18.0 Å².